The van der Waals surface area contributed by atoms with Gasteiger partial charge >= 0.3 is 11.9 Å². The van der Waals surface area contributed by atoms with E-state index in [2.05, 4.69) is 122 Å². The monoisotopic (exact) mass is 766 g/mol. The first-order valence-electron chi connectivity index (χ1n) is 21.4. The lowest BCUT2D eigenvalue weighted by atomic mass is 9.90. The van der Waals surface area contributed by atoms with Gasteiger partial charge in [-0.05, 0) is 110 Å². The van der Waals surface area contributed by atoms with E-state index in [0.29, 0.717) is 26.1 Å². The van der Waals surface area contributed by atoms with Crippen molar-refractivity contribution in [3.63, 3.8) is 0 Å². The summed E-state index contributed by atoms with van der Waals surface area (Å²) < 4.78 is 23.0. The third-order valence-electron chi connectivity index (χ3n) is 11.6. The molecule has 0 amide bonds. The average Bonchev–Trinajstić information content (AvgIpc) is 3.96. The molecule has 2 aliphatic heterocycles. The Labute approximate surface area is 335 Å². The first-order chi connectivity index (χ1) is 27.4. The summed E-state index contributed by atoms with van der Waals surface area (Å²) in [6, 6.07) is 29.4. The molecule has 2 heterocycles. The van der Waals surface area contributed by atoms with Crippen LogP contribution in [0.25, 0.3) is 21.5 Å². The van der Waals surface area contributed by atoms with Gasteiger partial charge in [0.25, 0.3) is 0 Å². The molecule has 0 bridgehead atoms. The van der Waals surface area contributed by atoms with Gasteiger partial charge < -0.3 is 28.7 Å². The molecule has 2 fully saturated rings. The van der Waals surface area contributed by atoms with Crippen LogP contribution < -0.4 is 0 Å². The molecule has 56 heavy (non-hydrogen) atoms. The fourth-order valence-corrected chi connectivity index (χ4v) is 8.16. The number of esters is 2. The van der Waals surface area contributed by atoms with E-state index >= 15 is 0 Å². The molecule has 0 radical (unpaired) electrons. The molecule has 8 nitrogen and oxygen atoms in total. The van der Waals surface area contributed by atoms with Crippen LogP contribution in [0.3, 0.4) is 0 Å². The fourth-order valence-electron chi connectivity index (χ4n) is 8.16. The molecule has 4 aromatic carbocycles. The first kappa shape index (κ1) is 43.3. The van der Waals surface area contributed by atoms with Crippen molar-refractivity contribution < 1.29 is 28.5 Å². The van der Waals surface area contributed by atoms with E-state index in [0.717, 1.165) is 91.0 Å². The number of fused-ring (bicyclic) bond motifs is 2. The van der Waals surface area contributed by atoms with E-state index in [1.165, 1.54) is 32.7 Å². The number of carbonyl (C=O) groups excluding carboxylic acids is 2. The predicted octanol–water partition coefficient (Wildman–Crippen LogP) is 8.91. The number of likely N-dealkylation sites (N-methyl/N-ethyl adjacent to an activating group) is 2. The zero-order valence-corrected chi connectivity index (χ0v) is 34.5. The number of hydrogen-bond donors (Lipinski definition) is 0. The first-order valence-corrected chi connectivity index (χ1v) is 21.4. The van der Waals surface area contributed by atoms with Crippen molar-refractivity contribution in [1.82, 2.24) is 9.80 Å². The molecule has 0 spiro atoms. The Morgan fingerprint density at radius 2 is 0.982 bits per heavy atom. The largest absolute Gasteiger partial charge is 0.464 e. The highest BCUT2D eigenvalue weighted by Gasteiger charge is 2.29. The van der Waals surface area contributed by atoms with Gasteiger partial charge in [-0.3, -0.25) is 9.59 Å². The lowest BCUT2D eigenvalue weighted by molar-refractivity contribution is -0.151. The van der Waals surface area contributed by atoms with Gasteiger partial charge in [-0.1, -0.05) is 113 Å². The van der Waals surface area contributed by atoms with E-state index in [4.69, 9.17) is 18.9 Å². The molecule has 0 saturated carbocycles. The topological polar surface area (TPSA) is 77.5 Å². The highest BCUT2D eigenvalue weighted by atomic mass is 16.5. The van der Waals surface area contributed by atoms with Crippen LogP contribution in [-0.2, 0) is 41.4 Å². The van der Waals surface area contributed by atoms with Gasteiger partial charge in [-0.25, -0.2) is 0 Å². The average molecular weight is 767 g/mol. The Morgan fingerprint density at radius 3 is 1.36 bits per heavy atom. The molecule has 4 atom stereocenters. The summed E-state index contributed by atoms with van der Waals surface area (Å²) in [7, 11) is 0. The Bertz CT molecular complexity index is 1620. The molecule has 0 aliphatic carbocycles. The third-order valence-corrected chi connectivity index (χ3v) is 11.6. The second-order valence-corrected chi connectivity index (χ2v) is 15.2. The van der Waals surface area contributed by atoms with Gasteiger partial charge in [0.1, 0.15) is 13.2 Å². The summed E-state index contributed by atoms with van der Waals surface area (Å²) in [5, 5.41) is 4.87. The maximum Gasteiger partial charge on any atom is 0.309 e. The second kappa shape index (κ2) is 23.4. The normalized spacial score (nSPS) is 17.9. The van der Waals surface area contributed by atoms with Crippen molar-refractivity contribution in [1.29, 1.82) is 0 Å². The maximum atomic E-state index is 12.9. The summed E-state index contributed by atoms with van der Waals surface area (Å²) in [6.45, 7) is 16.5. The standard InChI is InChI=1S/2C24H33NO3/c2*1-3-25(4-2)14-16-28-24(26)21(18-22-12-8-15-27-22)17-20-11-7-10-19-9-5-6-13-23(19)20/h2*5-7,9-11,13,21-22H,3-4,8,12,14-18H2,1-2H3. The van der Waals surface area contributed by atoms with E-state index in [9.17, 15) is 9.59 Å². The number of nitrogens with zero attached hydrogens (tertiary/aromatic N) is 2. The Balaban J connectivity index is 0.000000214. The van der Waals surface area contributed by atoms with Crippen LogP contribution in [0.1, 0.15) is 77.3 Å². The predicted molar refractivity (Wildman–Crippen MR) is 227 cm³/mol. The quantitative estimate of drug-likeness (QED) is 0.0827. The molecular formula is C48H66N2O6. The summed E-state index contributed by atoms with van der Waals surface area (Å²) in [5.41, 5.74) is 2.42. The minimum atomic E-state index is -0.161. The van der Waals surface area contributed by atoms with E-state index in [1.807, 2.05) is 0 Å². The van der Waals surface area contributed by atoms with Crippen molar-refractivity contribution in [2.45, 2.75) is 91.3 Å². The van der Waals surface area contributed by atoms with Crippen LogP contribution in [0.5, 0.6) is 0 Å². The van der Waals surface area contributed by atoms with Crippen LogP contribution in [0, 0.1) is 11.8 Å². The zero-order chi connectivity index (χ0) is 39.5. The minimum absolute atomic E-state index is 0.0874. The molecule has 0 N–H and O–H groups in total. The molecular weight excluding hydrogens is 701 g/mol. The summed E-state index contributed by atoms with van der Waals surface area (Å²) in [6.07, 6.45) is 7.49. The number of carbonyl (C=O) groups is 2. The Hall–Kier alpha value is -3.82. The molecule has 304 valence electrons. The van der Waals surface area contributed by atoms with Gasteiger partial charge in [0, 0.05) is 26.3 Å². The number of benzene rings is 4. The number of rotatable bonds is 20. The summed E-state index contributed by atoms with van der Waals surface area (Å²) in [4.78, 5) is 30.4. The molecule has 0 aromatic heterocycles. The molecule has 2 aliphatic rings. The zero-order valence-electron chi connectivity index (χ0n) is 34.5. The lowest BCUT2D eigenvalue weighted by Gasteiger charge is -2.22. The number of hydrogen-bond acceptors (Lipinski definition) is 8. The second-order valence-electron chi connectivity index (χ2n) is 15.2. The molecule has 4 aromatic rings. The molecule has 4 unspecified atom stereocenters. The smallest absolute Gasteiger partial charge is 0.309 e. The fraction of sp³-hybridized carbons (Fsp3) is 0.542. The molecule has 6 rings (SSSR count). The molecule has 8 heteroatoms. The summed E-state index contributed by atoms with van der Waals surface area (Å²) >= 11 is 0. The van der Waals surface area contributed by atoms with Gasteiger partial charge in [-0.2, -0.15) is 0 Å². The van der Waals surface area contributed by atoms with Crippen molar-refractivity contribution in [3.05, 3.63) is 96.1 Å². The van der Waals surface area contributed by atoms with Crippen molar-refractivity contribution in [3.8, 4) is 0 Å². The lowest BCUT2D eigenvalue weighted by Crippen LogP contribution is -2.30. The van der Waals surface area contributed by atoms with Crippen LogP contribution in [0.2, 0.25) is 0 Å². The summed E-state index contributed by atoms with van der Waals surface area (Å²) in [5.74, 6) is -0.498. The van der Waals surface area contributed by atoms with Gasteiger partial charge in [-0.15, -0.1) is 0 Å². The Kier molecular flexibility index (Phi) is 18.1. The van der Waals surface area contributed by atoms with Crippen molar-refractivity contribution in [2.75, 3.05) is 65.7 Å². The van der Waals surface area contributed by atoms with Crippen LogP contribution in [0.15, 0.2) is 84.9 Å². The van der Waals surface area contributed by atoms with Crippen LogP contribution in [0.4, 0.5) is 0 Å². The van der Waals surface area contributed by atoms with E-state index in [-0.39, 0.29) is 36.0 Å². The number of ether oxygens (including phenoxy) is 4. The van der Waals surface area contributed by atoms with E-state index in [1.54, 1.807) is 0 Å². The van der Waals surface area contributed by atoms with Crippen LogP contribution >= 0.6 is 0 Å². The van der Waals surface area contributed by atoms with Crippen molar-refractivity contribution in [2.24, 2.45) is 11.8 Å². The highest BCUT2D eigenvalue weighted by molar-refractivity contribution is 5.87. The van der Waals surface area contributed by atoms with Gasteiger partial charge in [0.2, 0.25) is 0 Å². The van der Waals surface area contributed by atoms with E-state index < -0.39 is 0 Å². The van der Waals surface area contributed by atoms with Crippen LogP contribution in [-0.4, -0.2) is 99.6 Å². The SMILES string of the molecule is CCN(CC)CCOC(=O)C(Cc1cccc2ccccc12)CC1CCCO1.CCN(CC)CCOC(=O)C(Cc1cccc2ccccc12)CC1CCCO1. The third kappa shape index (κ3) is 13.1. The Morgan fingerprint density at radius 1 is 0.589 bits per heavy atom. The van der Waals surface area contributed by atoms with Crippen molar-refractivity contribution >= 4 is 33.5 Å². The highest BCUT2D eigenvalue weighted by Crippen LogP contribution is 2.29. The minimum Gasteiger partial charge on any atom is -0.464 e. The van der Waals surface area contributed by atoms with Gasteiger partial charge in [0.05, 0.1) is 24.0 Å². The maximum absolute atomic E-state index is 12.9. The molecule has 2 saturated heterocycles. The van der Waals surface area contributed by atoms with Gasteiger partial charge in [0.15, 0.2) is 0 Å².